The van der Waals surface area contributed by atoms with Gasteiger partial charge in [-0.1, -0.05) is 103 Å². The SMILES string of the molecule is CC[C@H](C)C(CN(C)C(=O)[C@@H](NC(=O)[C@H](C(C)C)N(C)CCOCCOCCOCCN)C(C)C)[C@@H](CC(=O)N1CCC[C@H]1C(OC)[C@@H](C)C(=O)NC(Cc1ccccc1)C(=N)OC(=N)c1ccccc1)OC. The van der Waals surface area contributed by atoms with Gasteiger partial charge in [-0.15, -0.1) is 0 Å². The van der Waals surface area contributed by atoms with E-state index in [1.807, 2.05) is 76.0 Å². The maximum atomic E-state index is 14.5. The van der Waals surface area contributed by atoms with Gasteiger partial charge in [-0.05, 0) is 55.3 Å². The van der Waals surface area contributed by atoms with Crippen molar-refractivity contribution in [1.82, 2.24) is 25.3 Å². The summed E-state index contributed by atoms with van der Waals surface area (Å²) in [5, 5.41) is 23.5. The lowest BCUT2D eigenvalue weighted by molar-refractivity contribution is -0.144. The fraction of sp³-hybridized carbons (Fsp3) is 0.673. The predicted molar refractivity (Wildman–Crippen MR) is 284 cm³/mol. The first-order chi connectivity index (χ1) is 34.9. The Morgan fingerprint density at radius 3 is 1.96 bits per heavy atom. The Hall–Kier alpha value is -4.82. The number of hydrogen-bond donors (Lipinski definition) is 5. The summed E-state index contributed by atoms with van der Waals surface area (Å²) in [4.78, 5) is 62.5. The minimum absolute atomic E-state index is 0.0486. The molecular formula is C55H90N8O10. The Kier molecular flexibility index (Phi) is 28.4. The first-order valence-electron chi connectivity index (χ1n) is 26.2. The van der Waals surface area contributed by atoms with E-state index >= 15 is 0 Å². The number of nitrogens with two attached hydrogens (primary N) is 1. The number of hydrogen-bond acceptors (Lipinski definition) is 14. The van der Waals surface area contributed by atoms with E-state index in [9.17, 15) is 19.2 Å². The molecule has 73 heavy (non-hydrogen) atoms. The van der Waals surface area contributed by atoms with Gasteiger partial charge >= 0.3 is 0 Å². The Balaban J connectivity index is 1.69. The summed E-state index contributed by atoms with van der Waals surface area (Å²) in [7, 11) is 6.76. The first kappa shape index (κ1) is 62.5. The molecule has 0 bridgehead atoms. The van der Waals surface area contributed by atoms with Gasteiger partial charge < -0.3 is 54.6 Å². The number of nitrogens with one attached hydrogen (secondary N) is 4. The fourth-order valence-corrected chi connectivity index (χ4v) is 9.53. The number of ether oxygens (including phenoxy) is 6. The molecule has 1 aliphatic heterocycles. The molecule has 0 aromatic heterocycles. The predicted octanol–water partition coefficient (Wildman–Crippen LogP) is 5.01. The molecule has 0 saturated carbocycles. The number of rotatable bonds is 34. The highest BCUT2D eigenvalue weighted by Gasteiger charge is 2.42. The van der Waals surface area contributed by atoms with Crippen LogP contribution in [0.25, 0.3) is 0 Å². The molecule has 410 valence electrons. The van der Waals surface area contributed by atoms with Gasteiger partial charge in [0.15, 0.2) is 0 Å². The van der Waals surface area contributed by atoms with Crippen LogP contribution in [0.15, 0.2) is 60.7 Å². The molecule has 1 saturated heterocycles. The van der Waals surface area contributed by atoms with Crippen molar-refractivity contribution in [2.45, 2.75) is 117 Å². The van der Waals surface area contributed by atoms with Crippen molar-refractivity contribution >= 4 is 35.4 Å². The normalized spacial score (nSPS) is 17.1. The lowest BCUT2D eigenvalue weighted by Gasteiger charge is -2.38. The summed E-state index contributed by atoms with van der Waals surface area (Å²) < 4.78 is 34.5. The van der Waals surface area contributed by atoms with Crippen molar-refractivity contribution in [1.29, 1.82) is 10.8 Å². The smallest absolute Gasteiger partial charge is 0.245 e. The van der Waals surface area contributed by atoms with Gasteiger partial charge in [0.05, 0.1) is 76.3 Å². The van der Waals surface area contributed by atoms with E-state index in [0.717, 1.165) is 18.4 Å². The van der Waals surface area contributed by atoms with Crippen molar-refractivity contribution in [3.05, 3.63) is 71.8 Å². The van der Waals surface area contributed by atoms with E-state index in [-0.39, 0.29) is 71.9 Å². The molecule has 1 heterocycles. The summed E-state index contributed by atoms with van der Waals surface area (Å²) in [5.41, 5.74) is 6.81. The second kappa shape index (κ2) is 33.2. The largest absolute Gasteiger partial charge is 0.423 e. The summed E-state index contributed by atoms with van der Waals surface area (Å²) in [5.74, 6) is -2.61. The molecule has 2 aromatic rings. The molecule has 6 N–H and O–H groups in total. The number of benzene rings is 2. The summed E-state index contributed by atoms with van der Waals surface area (Å²) in [6.45, 7) is 18.2. The van der Waals surface area contributed by atoms with Crippen LogP contribution in [0.1, 0.15) is 85.3 Å². The minimum atomic E-state index is -0.887. The molecule has 9 atom stereocenters. The molecule has 0 radical (unpaired) electrons. The summed E-state index contributed by atoms with van der Waals surface area (Å²) >= 11 is 0. The van der Waals surface area contributed by atoms with E-state index in [4.69, 9.17) is 45.0 Å². The van der Waals surface area contributed by atoms with Crippen LogP contribution >= 0.6 is 0 Å². The summed E-state index contributed by atoms with van der Waals surface area (Å²) in [6.07, 6.45) is 1.21. The van der Waals surface area contributed by atoms with E-state index in [0.29, 0.717) is 77.8 Å². The number of likely N-dealkylation sites (N-methyl/N-ethyl adjacent to an activating group) is 2. The molecule has 4 amide bonds. The van der Waals surface area contributed by atoms with Crippen molar-refractivity contribution in [2.24, 2.45) is 35.3 Å². The van der Waals surface area contributed by atoms with Crippen molar-refractivity contribution in [3.63, 3.8) is 0 Å². The second-order valence-electron chi connectivity index (χ2n) is 20.0. The topological polar surface area (TPSA) is 231 Å². The quantitative estimate of drug-likeness (QED) is 0.0354. The average molecular weight is 1020 g/mol. The van der Waals surface area contributed by atoms with Gasteiger partial charge in [-0.3, -0.25) is 34.9 Å². The number of carbonyl (C=O) groups is 4. The van der Waals surface area contributed by atoms with E-state index in [1.165, 1.54) is 0 Å². The zero-order chi connectivity index (χ0) is 54.0. The highest BCUT2D eigenvalue weighted by molar-refractivity contribution is 6.01. The highest BCUT2D eigenvalue weighted by atomic mass is 16.5. The molecule has 3 unspecified atom stereocenters. The van der Waals surface area contributed by atoms with Gasteiger partial charge in [-0.25, -0.2) is 0 Å². The lowest BCUT2D eigenvalue weighted by Crippen LogP contribution is -2.57. The van der Waals surface area contributed by atoms with Crippen molar-refractivity contribution in [2.75, 3.05) is 94.1 Å². The fourth-order valence-electron chi connectivity index (χ4n) is 9.53. The van der Waals surface area contributed by atoms with Crippen LogP contribution in [0, 0.1) is 40.4 Å². The Labute approximate surface area is 436 Å². The lowest BCUT2D eigenvalue weighted by atomic mass is 9.84. The molecule has 2 aromatic carbocycles. The van der Waals surface area contributed by atoms with Crippen LogP contribution in [0.4, 0.5) is 0 Å². The van der Waals surface area contributed by atoms with E-state index in [1.54, 1.807) is 62.3 Å². The molecule has 0 aliphatic carbocycles. The number of amides is 4. The van der Waals surface area contributed by atoms with Crippen LogP contribution in [0.2, 0.25) is 0 Å². The molecule has 18 nitrogen and oxygen atoms in total. The Bertz CT molecular complexity index is 1960. The molecular weight excluding hydrogens is 933 g/mol. The van der Waals surface area contributed by atoms with Crippen LogP contribution in [0.3, 0.4) is 0 Å². The first-order valence-corrected chi connectivity index (χ1v) is 26.2. The zero-order valence-electron chi connectivity index (χ0n) is 45.7. The minimum Gasteiger partial charge on any atom is -0.423 e. The third kappa shape index (κ3) is 20.1. The second-order valence-corrected chi connectivity index (χ2v) is 20.0. The number of methoxy groups -OCH3 is 2. The van der Waals surface area contributed by atoms with Gasteiger partial charge in [-0.2, -0.15) is 0 Å². The van der Waals surface area contributed by atoms with Gasteiger partial charge in [0.25, 0.3) is 0 Å². The standard InChI is InChI=1S/C55H90N8O10/c1-12-39(6)43(36-62(9)55(67)48(37(2)3)60-54(66)49(38(4)5)61(8)27-29-71-31-33-72-32-30-70-28-25-56)46(68-10)35-47(64)63-26-19-24-45(63)50(69-11)40(7)53(65)59-44(34-41-20-15-13-16-21-41)52(58)73-51(57)42-22-17-14-18-23-42/h13-18,20-23,37-40,43-46,48-50,57-58H,12,19,24-36,56H2,1-11H3,(H,59,65)(H,60,66)/t39-,40+,43?,44?,45-,46+,48-,49-,50?/m0/s1. The zero-order valence-corrected chi connectivity index (χ0v) is 45.7. The maximum absolute atomic E-state index is 14.5. The van der Waals surface area contributed by atoms with Crippen molar-refractivity contribution in [3.8, 4) is 0 Å². The third-order valence-electron chi connectivity index (χ3n) is 13.9. The average Bonchev–Trinajstić information content (AvgIpc) is 3.86. The Morgan fingerprint density at radius 2 is 1.40 bits per heavy atom. The van der Waals surface area contributed by atoms with Crippen LogP contribution in [-0.2, 0) is 54.0 Å². The molecule has 18 heteroatoms. The van der Waals surface area contributed by atoms with Crippen LogP contribution in [-0.4, -0.2) is 181 Å². The maximum Gasteiger partial charge on any atom is 0.245 e. The van der Waals surface area contributed by atoms with Gasteiger partial charge in [0, 0.05) is 65.3 Å². The highest BCUT2D eigenvalue weighted by Crippen LogP contribution is 2.31. The van der Waals surface area contributed by atoms with Crippen LogP contribution in [0.5, 0.6) is 0 Å². The number of nitrogens with zero attached hydrogens (tertiary/aromatic N) is 3. The monoisotopic (exact) mass is 1020 g/mol. The van der Waals surface area contributed by atoms with E-state index in [2.05, 4.69) is 24.5 Å². The number of likely N-dealkylation sites (tertiary alicyclic amines) is 1. The van der Waals surface area contributed by atoms with Gasteiger partial charge in [0.1, 0.15) is 12.1 Å². The van der Waals surface area contributed by atoms with Gasteiger partial charge in [0.2, 0.25) is 35.4 Å². The molecule has 1 aliphatic rings. The summed E-state index contributed by atoms with van der Waals surface area (Å²) in [6, 6.07) is 15.7. The molecule has 3 rings (SSSR count). The Morgan fingerprint density at radius 1 is 0.795 bits per heavy atom. The van der Waals surface area contributed by atoms with Crippen LogP contribution < -0.4 is 16.4 Å². The molecule has 0 spiro atoms. The van der Waals surface area contributed by atoms with Crippen molar-refractivity contribution < 1.29 is 47.6 Å². The third-order valence-corrected chi connectivity index (χ3v) is 13.9. The molecule has 1 fully saturated rings. The van der Waals surface area contributed by atoms with E-state index < -0.39 is 42.3 Å². The number of carbonyl (C=O) groups excluding carboxylic acids is 4.